The van der Waals surface area contributed by atoms with Crippen molar-refractivity contribution in [2.75, 3.05) is 6.61 Å². The van der Waals surface area contributed by atoms with Gasteiger partial charge in [-0.1, -0.05) is 0 Å². The average Bonchev–Trinajstić information content (AvgIpc) is 2.97. The molecule has 1 atom stereocenters. The molecule has 118 valence electrons. The van der Waals surface area contributed by atoms with Crippen LogP contribution in [-0.4, -0.2) is 31.2 Å². The molecule has 0 radical (unpaired) electrons. The number of fused-ring (bicyclic) bond motifs is 3. The van der Waals surface area contributed by atoms with Gasteiger partial charge in [-0.05, 0) is 19.1 Å². The lowest BCUT2D eigenvalue weighted by Gasteiger charge is -2.10. The molecule has 0 saturated carbocycles. The first-order valence-electron chi connectivity index (χ1n) is 6.51. The number of pyridine rings is 1. The van der Waals surface area contributed by atoms with Crippen LogP contribution in [0, 0.1) is 17.2 Å². The lowest BCUT2D eigenvalue weighted by molar-refractivity contribution is -0.145. The molecule has 10 heteroatoms. The number of hydrogen-bond donors (Lipinski definition) is 0. The van der Waals surface area contributed by atoms with Crippen molar-refractivity contribution in [3.05, 3.63) is 24.2 Å². The van der Waals surface area contributed by atoms with Crippen molar-refractivity contribution < 1.29 is 17.9 Å². The number of halogens is 3. The van der Waals surface area contributed by atoms with Gasteiger partial charge in [-0.15, -0.1) is 10.2 Å². The minimum atomic E-state index is -4.71. The van der Waals surface area contributed by atoms with Gasteiger partial charge in [-0.3, -0.25) is 0 Å². The van der Waals surface area contributed by atoms with Crippen molar-refractivity contribution >= 4 is 16.8 Å². The van der Waals surface area contributed by atoms with Gasteiger partial charge in [0.25, 0.3) is 5.88 Å². The van der Waals surface area contributed by atoms with Gasteiger partial charge in [0, 0.05) is 6.20 Å². The topological polar surface area (TPSA) is 89.0 Å². The Kier molecular flexibility index (Phi) is 3.48. The highest BCUT2D eigenvalue weighted by Crippen LogP contribution is 2.31. The second-order valence-corrected chi connectivity index (χ2v) is 4.78. The zero-order chi connectivity index (χ0) is 16.6. The summed E-state index contributed by atoms with van der Waals surface area (Å²) in [5, 5.41) is 15.5. The maximum absolute atomic E-state index is 13.1. The summed E-state index contributed by atoms with van der Waals surface area (Å²) in [5.41, 5.74) is -0.0286. The lowest BCUT2D eigenvalue weighted by atomic mass is 10.2. The minimum Gasteiger partial charge on any atom is -0.474 e. The molecular weight excluding hydrogens is 313 g/mol. The van der Waals surface area contributed by atoms with Crippen molar-refractivity contribution in [3.8, 4) is 11.9 Å². The summed E-state index contributed by atoms with van der Waals surface area (Å²) in [4.78, 5) is 8.04. The molecule has 0 fully saturated rings. The standard InChI is InChI=1S/C13H9F3N6O/c1-7(5-17)6-23-11-10-20-21-12(13(14,15)16)22(10)9-8(19-11)3-2-4-18-9/h2-4,7H,6H2,1H3. The highest BCUT2D eigenvalue weighted by molar-refractivity contribution is 5.76. The van der Waals surface area contributed by atoms with Gasteiger partial charge in [0.05, 0.1) is 12.0 Å². The Labute approximate surface area is 127 Å². The van der Waals surface area contributed by atoms with E-state index in [1.807, 2.05) is 6.07 Å². The van der Waals surface area contributed by atoms with Crippen molar-refractivity contribution in [2.24, 2.45) is 5.92 Å². The van der Waals surface area contributed by atoms with E-state index >= 15 is 0 Å². The molecule has 0 aromatic carbocycles. The molecule has 0 aliphatic rings. The first kappa shape index (κ1) is 15.0. The van der Waals surface area contributed by atoms with Gasteiger partial charge < -0.3 is 4.74 Å². The van der Waals surface area contributed by atoms with Gasteiger partial charge in [0.1, 0.15) is 12.1 Å². The Morgan fingerprint density at radius 1 is 1.35 bits per heavy atom. The second kappa shape index (κ2) is 5.35. The van der Waals surface area contributed by atoms with E-state index in [1.165, 1.54) is 12.3 Å². The Morgan fingerprint density at radius 3 is 2.83 bits per heavy atom. The first-order valence-corrected chi connectivity index (χ1v) is 6.51. The van der Waals surface area contributed by atoms with Crippen LogP contribution in [0.2, 0.25) is 0 Å². The predicted molar refractivity (Wildman–Crippen MR) is 71.4 cm³/mol. The van der Waals surface area contributed by atoms with Gasteiger partial charge >= 0.3 is 6.18 Å². The summed E-state index contributed by atoms with van der Waals surface area (Å²) in [6, 6.07) is 5.01. The van der Waals surface area contributed by atoms with E-state index in [0.717, 1.165) is 4.40 Å². The maximum Gasteiger partial charge on any atom is 0.452 e. The highest BCUT2D eigenvalue weighted by atomic mass is 19.4. The monoisotopic (exact) mass is 322 g/mol. The van der Waals surface area contributed by atoms with E-state index in [1.54, 1.807) is 13.0 Å². The van der Waals surface area contributed by atoms with E-state index in [-0.39, 0.29) is 29.3 Å². The van der Waals surface area contributed by atoms with Crippen molar-refractivity contribution in [3.63, 3.8) is 0 Å². The van der Waals surface area contributed by atoms with Crippen LogP contribution < -0.4 is 4.74 Å². The Bertz CT molecular complexity index is 914. The smallest absolute Gasteiger partial charge is 0.452 e. The third-order valence-electron chi connectivity index (χ3n) is 3.00. The molecule has 23 heavy (non-hydrogen) atoms. The van der Waals surface area contributed by atoms with Crippen molar-refractivity contribution in [1.82, 2.24) is 24.6 Å². The number of ether oxygens (including phenoxy) is 1. The fraction of sp³-hybridized carbons (Fsp3) is 0.308. The summed E-state index contributed by atoms with van der Waals surface area (Å²) < 4.78 is 45.5. The van der Waals surface area contributed by atoms with Gasteiger partial charge in [-0.25, -0.2) is 14.4 Å². The van der Waals surface area contributed by atoms with Gasteiger partial charge in [0.2, 0.25) is 11.5 Å². The van der Waals surface area contributed by atoms with Gasteiger partial charge in [-0.2, -0.15) is 18.4 Å². The summed E-state index contributed by atoms with van der Waals surface area (Å²) in [5.74, 6) is -1.79. The SMILES string of the molecule is CC(C#N)COc1nc2cccnc2n2c(C(F)(F)F)nnc12. The molecule has 0 aliphatic heterocycles. The van der Waals surface area contributed by atoms with Crippen LogP contribution in [0.1, 0.15) is 12.7 Å². The van der Waals surface area contributed by atoms with Gasteiger partial charge in [0.15, 0.2) is 5.65 Å². The zero-order valence-corrected chi connectivity index (χ0v) is 11.7. The number of rotatable bonds is 3. The maximum atomic E-state index is 13.1. The molecule has 0 spiro atoms. The van der Waals surface area contributed by atoms with E-state index in [0.29, 0.717) is 0 Å². The number of nitrogens with zero attached hydrogens (tertiary/aromatic N) is 6. The summed E-state index contributed by atoms with van der Waals surface area (Å²) >= 11 is 0. The molecule has 3 rings (SSSR count). The molecule has 3 heterocycles. The van der Waals surface area contributed by atoms with E-state index in [9.17, 15) is 13.2 Å². The molecule has 3 aromatic rings. The molecule has 0 amide bonds. The molecule has 1 unspecified atom stereocenters. The highest BCUT2D eigenvalue weighted by Gasteiger charge is 2.38. The molecule has 3 aromatic heterocycles. The minimum absolute atomic E-state index is 0.0273. The quantitative estimate of drug-likeness (QED) is 0.734. The fourth-order valence-corrected chi connectivity index (χ4v) is 1.95. The Balaban J connectivity index is 2.25. The third kappa shape index (κ3) is 2.61. The molecule has 0 aliphatic carbocycles. The van der Waals surface area contributed by atoms with E-state index in [4.69, 9.17) is 10.00 Å². The van der Waals surface area contributed by atoms with Crippen LogP contribution in [0.15, 0.2) is 18.3 Å². The molecule has 7 nitrogen and oxygen atoms in total. The van der Waals surface area contributed by atoms with Crippen LogP contribution in [0.3, 0.4) is 0 Å². The van der Waals surface area contributed by atoms with Crippen LogP contribution in [-0.2, 0) is 6.18 Å². The van der Waals surface area contributed by atoms with Crippen molar-refractivity contribution in [1.29, 1.82) is 5.26 Å². The lowest BCUT2D eigenvalue weighted by Crippen LogP contribution is -2.13. The van der Waals surface area contributed by atoms with Crippen LogP contribution >= 0.6 is 0 Å². The van der Waals surface area contributed by atoms with Crippen LogP contribution in [0.25, 0.3) is 16.8 Å². The summed E-state index contributed by atoms with van der Waals surface area (Å²) in [6.07, 6.45) is -3.36. The second-order valence-electron chi connectivity index (χ2n) is 4.78. The Hall–Kier alpha value is -2.96. The normalized spacial score (nSPS) is 13.2. The largest absolute Gasteiger partial charge is 0.474 e. The summed E-state index contributed by atoms with van der Waals surface area (Å²) in [7, 11) is 0. The number of nitriles is 1. The predicted octanol–water partition coefficient (Wildman–Crippen LogP) is 2.23. The average molecular weight is 322 g/mol. The van der Waals surface area contributed by atoms with E-state index < -0.39 is 17.9 Å². The molecular formula is C13H9F3N6O. The van der Waals surface area contributed by atoms with E-state index in [2.05, 4.69) is 20.2 Å². The Morgan fingerprint density at radius 2 is 2.13 bits per heavy atom. The number of alkyl halides is 3. The van der Waals surface area contributed by atoms with Crippen molar-refractivity contribution in [2.45, 2.75) is 13.1 Å². The van der Waals surface area contributed by atoms with Crippen LogP contribution in [0.5, 0.6) is 5.88 Å². The zero-order valence-electron chi connectivity index (χ0n) is 11.7. The fourth-order valence-electron chi connectivity index (χ4n) is 1.95. The number of hydrogen-bond acceptors (Lipinski definition) is 6. The third-order valence-corrected chi connectivity index (χ3v) is 3.00. The number of aromatic nitrogens is 5. The first-order chi connectivity index (χ1) is 10.9. The van der Waals surface area contributed by atoms with Crippen LogP contribution in [0.4, 0.5) is 13.2 Å². The molecule has 0 N–H and O–H groups in total. The summed E-state index contributed by atoms with van der Waals surface area (Å²) in [6.45, 7) is 1.59. The molecule has 0 bridgehead atoms. The molecule has 0 saturated heterocycles.